The van der Waals surface area contributed by atoms with Crippen molar-refractivity contribution >= 4 is 6.29 Å². The molecule has 2 heterocycles. The molecule has 2 aliphatic heterocycles. The van der Waals surface area contributed by atoms with Crippen LogP contribution in [0.4, 0.5) is 0 Å². The number of aldehydes is 1. The predicted molar refractivity (Wildman–Crippen MR) is 68.5 cm³/mol. The van der Waals surface area contributed by atoms with E-state index in [1.54, 1.807) is 0 Å². The quantitative estimate of drug-likeness (QED) is 0.616. The second-order valence-electron chi connectivity index (χ2n) is 4.68. The fourth-order valence-corrected chi connectivity index (χ4v) is 2.35. The lowest BCUT2D eigenvalue weighted by atomic mass is 10.1. The van der Waals surface area contributed by atoms with Crippen LogP contribution >= 0.6 is 0 Å². The van der Waals surface area contributed by atoms with E-state index in [1.807, 2.05) is 42.5 Å². The van der Waals surface area contributed by atoms with Gasteiger partial charge >= 0.3 is 0 Å². The van der Waals surface area contributed by atoms with E-state index in [9.17, 15) is 4.79 Å². The summed E-state index contributed by atoms with van der Waals surface area (Å²) in [6.45, 7) is 0.476. The molecule has 0 unspecified atom stereocenters. The van der Waals surface area contributed by atoms with E-state index in [2.05, 4.69) is 0 Å². The maximum absolute atomic E-state index is 10.5. The Morgan fingerprint density at radius 3 is 2.79 bits per heavy atom. The molecule has 1 aromatic carbocycles. The van der Waals surface area contributed by atoms with Gasteiger partial charge < -0.3 is 19.0 Å². The number of fused-ring (bicyclic) bond motifs is 1. The van der Waals surface area contributed by atoms with Gasteiger partial charge in [-0.25, -0.2) is 0 Å². The SMILES string of the molecule is O=CC[C@H]1C=C[C@@H]2O[C@H](c3ccccc3)OC[C@H]2O1. The molecule has 1 fully saturated rings. The number of carbonyl (C=O) groups is 1. The first-order valence-electron chi connectivity index (χ1n) is 6.46. The summed E-state index contributed by atoms with van der Waals surface area (Å²) in [5.74, 6) is 0. The monoisotopic (exact) mass is 260 g/mol. The molecule has 2 aliphatic rings. The van der Waals surface area contributed by atoms with E-state index < -0.39 is 0 Å². The zero-order valence-electron chi connectivity index (χ0n) is 10.5. The van der Waals surface area contributed by atoms with Crippen LogP contribution in [-0.4, -0.2) is 31.2 Å². The summed E-state index contributed by atoms with van der Waals surface area (Å²) >= 11 is 0. The molecule has 0 spiro atoms. The largest absolute Gasteiger partial charge is 0.365 e. The topological polar surface area (TPSA) is 44.8 Å². The lowest BCUT2D eigenvalue weighted by Crippen LogP contribution is -2.45. The summed E-state index contributed by atoms with van der Waals surface area (Å²) in [5.41, 5.74) is 1.00. The van der Waals surface area contributed by atoms with Gasteiger partial charge in [-0.05, 0) is 0 Å². The number of carbonyl (C=O) groups excluding carboxylic acids is 1. The summed E-state index contributed by atoms with van der Waals surface area (Å²) in [6.07, 6.45) is 4.37. The molecule has 100 valence electrons. The fourth-order valence-electron chi connectivity index (χ4n) is 2.35. The molecule has 4 heteroatoms. The van der Waals surface area contributed by atoms with Crippen molar-refractivity contribution in [1.82, 2.24) is 0 Å². The highest BCUT2D eigenvalue weighted by Gasteiger charge is 2.35. The Morgan fingerprint density at radius 2 is 2.00 bits per heavy atom. The minimum atomic E-state index is -0.349. The van der Waals surface area contributed by atoms with Gasteiger partial charge in [0, 0.05) is 12.0 Å². The van der Waals surface area contributed by atoms with Crippen molar-refractivity contribution in [2.45, 2.75) is 31.0 Å². The Balaban J connectivity index is 1.68. The van der Waals surface area contributed by atoms with Gasteiger partial charge in [-0.15, -0.1) is 0 Å². The Hall–Kier alpha value is -1.49. The molecule has 0 aliphatic carbocycles. The van der Waals surface area contributed by atoms with Gasteiger partial charge in [-0.3, -0.25) is 0 Å². The van der Waals surface area contributed by atoms with Gasteiger partial charge in [0.1, 0.15) is 18.5 Å². The van der Waals surface area contributed by atoms with Crippen molar-refractivity contribution in [3.05, 3.63) is 48.0 Å². The average Bonchev–Trinajstić information content (AvgIpc) is 2.48. The second kappa shape index (κ2) is 5.65. The summed E-state index contributed by atoms with van der Waals surface area (Å²) in [7, 11) is 0. The van der Waals surface area contributed by atoms with Gasteiger partial charge in [0.2, 0.25) is 0 Å². The van der Waals surface area contributed by atoms with Crippen LogP contribution in [0.3, 0.4) is 0 Å². The van der Waals surface area contributed by atoms with E-state index in [4.69, 9.17) is 14.2 Å². The third-order valence-corrected chi connectivity index (χ3v) is 3.32. The van der Waals surface area contributed by atoms with Gasteiger partial charge in [0.05, 0.1) is 12.7 Å². The van der Waals surface area contributed by atoms with Crippen LogP contribution in [0.5, 0.6) is 0 Å². The first-order valence-corrected chi connectivity index (χ1v) is 6.46. The van der Waals surface area contributed by atoms with E-state index in [1.165, 1.54) is 0 Å². The maximum atomic E-state index is 10.5. The van der Waals surface area contributed by atoms with Gasteiger partial charge in [-0.2, -0.15) is 0 Å². The third-order valence-electron chi connectivity index (χ3n) is 3.32. The van der Waals surface area contributed by atoms with E-state index in [0.717, 1.165) is 11.8 Å². The summed E-state index contributed by atoms with van der Waals surface area (Å²) in [5, 5.41) is 0. The Labute approximate surface area is 112 Å². The minimum absolute atomic E-state index is 0.109. The molecule has 4 nitrogen and oxygen atoms in total. The molecule has 0 N–H and O–H groups in total. The molecule has 3 rings (SSSR count). The fraction of sp³-hybridized carbons (Fsp3) is 0.400. The minimum Gasteiger partial charge on any atom is -0.365 e. The number of benzene rings is 1. The standard InChI is InChI=1S/C15H16O4/c16-9-8-12-6-7-13-14(18-12)10-17-15(19-13)11-4-2-1-3-5-11/h1-7,9,12-15H,8,10H2/t12-,13+,14-,15-/m1/s1. The van der Waals surface area contributed by atoms with Crippen molar-refractivity contribution in [1.29, 1.82) is 0 Å². The highest BCUT2D eigenvalue weighted by atomic mass is 16.7. The van der Waals surface area contributed by atoms with Crippen LogP contribution in [0, 0.1) is 0 Å². The molecular formula is C15H16O4. The molecule has 1 aromatic rings. The van der Waals surface area contributed by atoms with E-state index in [-0.39, 0.29) is 24.6 Å². The van der Waals surface area contributed by atoms with Crippen molar-refractivity contribution in [2.24, 2.45) is 0 Å². The predicted octanol–water partition coefficient (Wildman–Crippen LogP) is 2.01. The lowest BCUT2D eigenvalue weighted by Gasteiger charge is -2.38. The van der Waals surface area contributed by atoms with Gasteiger partial charge in [-0.1, -0.05) is 42.5 Å². The summed E-state index contributed by atoms with van der Waals surface area (Å²) in [6, 6.07) is 9.84. The highest BCUT2D eigenvalue weighted by molar-refractivity contribution is 5.50. The van der Waals surface area contributed by atoms with E-state index in [0.29, 0.717) is 13.0 Å². The van der Waals surface area contributed by atoms with Crippen molar-refractivity contribution in [3.8, 4) is 0 Å². The molecule has 1 saturated heterocycles. The summed E-state index contributed by atoms with van der Waals surface area (Å²) < 4.78 is 17.3. The second-order valence-corrected chi connectivity index (χ2v) is 4.68. The molecule has 0 bridgehead atoms. The van der Waals surface area contributed by atoms with Gasteiger partial charge in [0.15, 0.2) is 6.29 Å². The van der Waals surface area contributed by atoms with Crippen molar-refractivity contribution in [3.63, 3.8) is 0 Å². The number of ether oxygens (including phenoxy) is 3. The molecule has 0 radical (unpaired) electrons. The number of hydrogen-bond acceptors (Lipinski definition) is 4. The average molecular weight is 260 g/mol. The van der Waals surface area contributed by atoms with Crippen LogP contribution in [0.15, 0.2) is 42.5 Å². The zero-order valence-corrected chi connectivity index (χ0v) is 10.5. The third kappa shape index (κ3) is 2.76. The molecule has 4 atom stereocenters. The van der Waals surface area contributed by atoms with Crippen LogP contribution in [0.25, 0.3) is 0 Å². The first kappa shape index (κ1) is 12.5. The molecular weight excluding hydrogens is 244 g/mol. The summed E-state index contributed by atoms with van der Waals surface area (Å²) in [4.78, 5) is 10.5. The smallest absolute Gasteiger partial charge is 0.184 e. The van der Waals surface area contributed by atoms with Crippen molar-refractivity contribution in [2.75, 3.05) is 6.61 Å². The lowest BCUT2D eigenvalue weighted by molar-refractivity contribution is -0.262. The van der Waals surface area contributed by atoms with Gasteiger partial charge in [0.25, 0.3) is 0 Å². The maximum Gasteiger partial charge on any atom is 0.184 e. The number of rotatable bonds is 3. The Bertz CT molecular complexity index is 456. The Kier molecular flexibility index (Phi) is 3.73. The van der Waals surface area contributed by atoms with Crippen LogP contribution in [0.2, 0.25) is 0 Å². The first-order chi connectivity index (χ1) is 9.36. The zero-order chi connectivity index (χ0) is 13.1. The number of hydrogen-bond donors (Lipinski definition) is 0. The molecule has 19 heavy (non-hydrogen) atoms. The normalized spacial score (nSPS) is 33.7. The highest BCUT2D eigenvalue weighted by Crippen LogP contribution is 2.30. The molecule has 0 saturated carbocycles. The molecule has 0 amide bonds. The Morgan fingerprint density at radius 1 is 1.16 bits per heavy atom. The van der Waals surface area contributed by atoms with Crippen LogP contribution in [-0.2, 0) is 19.0 Å². The van der Waals surface area contributed by atoms with Crippen LogP contribution < -0.4 is 0 Å². The van der Waals surface area contributed by atoms with E-state index >= 15 is 0 Å². The van der Waals surface area contributed by atoms with Crippen LogP contribution in [0.1, 0.15) is 18.3 Å². The van der Waals surface area contributed by atoms with Crippen molar-refractivity contribution < 1.29 is 19.0 Å². The molecule has 0 aromatic heterocycles.